The van der Waals surface area contributed by atoms with Gasteiger partial charge in [0.25, 0.3) is 0 Å². The van der Waals surface area contributed by atoms with Gasteiger partial charge in [0.1, 0.15) is 0 Å². The first-order chi connectivity index (χ1) is 12.3. The molecule has 7 heteroatoms. The second-order valence-electron chi connectivity index (χ2n) is 5.94. The zero-order chi connectivity index (χ0) is 17.1. The predicted octanol–water partition coefficient (Wildman–Crippen LogP) is 2.86. The highest BCUT2D eigenvalue weighted by Gasteiger charge is 2.27. The molecule has 2 aromatic heterocycles. The molecule has 4 rings (SSSR count). The molecule has 0 bridgehead atoms. The Morgan fingerprint density at radius 2 is 2.12 bits per heavy atom. The Morgan fingerprint density at radius 1 is 1.24 bits per heavy atom. The summed E-state index contributed by atoms with van der Waals surface area (Å²) in [5.74, 6) is 1.25. The summed E-state index contributed by atoms with van der Waals surface area (Å²) in [5, 5.41) is 9.01. The minimum atomic E-state index is 0.000729. The van der Waals surface area contributed by atoms with Crippen LogP contribution in [0.3, 0.4) is 0 Å². The maximum Gasteiger partial charge on any atom is 0.241 e. The highest BCUT2D eigenvalue weighted by molar-refractivity contribution is 7.13. The van der Waals surface area contributed by atoms with E-state index in [1.807, 2.05) is 35.7 Å². The van der Waals surface area contributed by atoms with E-state index in [0.29, 0.717) is 31.2 Å². The van der Waals surface area contributed by atoms with Crippen molar-refractivity contribution in [2.24, 2.45) is 0 Å². The van der Waals surface area contributed by atoms with Crippen LogP contribution in [0.1, 0.15) is 23.9 Å². The molecule has 0 saturated carbocycles. The number of nitrogens with one attached hydrogen (secondary N) is 1. The van der Waals surface area contributed by atoms with Crippen molar-refractivity contribution in [2.45, 2.75) is 19.0 Å². The van der Waals surface area contributed by atoms with E-state index in [2.05, 4.69) is 32.5 Å². The molecule has 0 radical (unpaired) electrons. The second-order valence-corrected chi connectivity index (χ2v) is 6.89. The molecule has 1 atom stereocenters. The van der Waals surface area contributed by atoms with Crippen molar-refractivity contribution in [3.63, 3.8) is 0 Å². The first-order valence-electron chi connectivity index (χ1n) is 8.22. The fourth-order valence-corrected chi connectivity index (χ4v) is 3.71. The first-order valence-corrected chi connectivity index (χ1v) is 9.10. The van der Waals surface area contributed by atoms with E-state index in [-0.39, 0.29) is 11.9 Å². The van der Waals surface area contributed by atoms with E-state index in [1.54, 1.807) is 11.3 Å². The molecule has 1 aromatic carbocycles. The molecule has 6 nitrogen and oxygen atoms in total. The van der Waals surface area contributed by atoms with Crippen LogP contribution in [0.5, 0.6) is 0 Å². The molecule has 1 amide bonds. The van der Waals surface area contributed by atoms with Crippen LogP contribution < -0.4 is 5.32 Å². The van der Waals surface area contributed by atoms with Crippen molar-refractivity contribution < 1.29 is 9.32 Å². The fraction of sp³-hybridized carbons (Fsp3) is 0.278. The van der Waals surface area contributed by atoms with Crippen LogP contribution in [0, 0.1) is 0 Å². The normalized spacial score (nSPS) is 18.7. The number of aromatic nitrogens is 2. The van der Waals surface area contributed by atoms with Crippen LogP contribution in [0.2, 0.25) is 0 Å². The van der Waals surface area contributed by atoms with Crippen molar-refractivity contribution in [3.05, 3.63) is 59.3 Å². The third-order valence-electron chi connectivity index (χ3n) is 4.27. The molecular formula is C18H18N4O2S. The summed E-state index contributed by atoms with van der Waals surface area (Å²) in [4.78, 5) is 19.8. The average Bonchev–Trinajstić information content (AvgIpc) is 3.28. The maximum absolute atomic E-state index is 12.0. The molecule has 1 N–H and O–H groups in total. The topological polar surface area (TPSA) is 71.3 Å². The summed E-state index contributed by atoms with van der Waals surface area (Å²) in [6.07, 6.45) is 0.427. The Kier molecular flexibility index (Phi) is 4.58. The van der Waals surface area contributed by atoms with Gasteiger partial charge in [0.2, 0.25) is 17.6 Å². The third-order valence-corrected chi connectivity index (χ3v) is 5.14. The van der Waals surface area contributed by atoms with Gasteiger partial charge in [-0.2, -0.15) is 4.98 Å². The quantitative estimate of drug-likeness (QED) is 0.780. The van der Waals surface area contributed by atoms with Crippen LogP contribution in [0.15, 0.2) is 52.4 Å². The van der Waals surface area contributed by atoms with Crippen molar-refractivity contribution in [2.75, 3.05) is 13.1 Å². The highest BCUT2D eigenvalue weighted by atomic mass is 32.1. The number of benzene rings is 1. The lowest BCUT2D eigenvalue weighted by Gasteiger charge is -2.27. The van der Waals surface area contributed by atoms with Gasteiger partial charge in [-0.25, -0.2) is 0 Å². The average molecular weight is 354 g/mol. The fourth-order valence-electron chi connectivity index (χ4n) is 3.06. The van der Waals surface area contributed by atoms with E-state index in [4.69, 9.17) is 4.52 Å². The number of amides is 1. The van der Waals surface area contributed by atoms with Crippen molar-refractivity contribution in [1.82, 2.24) is 20.4 Å². The molecule has 1 unspecified atom stereocenters. The van der Waals surface area contributed by atoms with Gasteiger partial charge < -0.3 is 9.84 Å². The van der Waals surface area contributed by atoms with E-state index in [0.717, 1.165) is 17.0 Å². The number of nitrogens with zero attached hydrogens (tertiary/aromatic N) is 3. The van der Waals surface area contributed by atoms with Gasteiger partial charge in [0.15, 0.2) is 0 Å². The van der Waals surface area contributed by atoms with Gasteiger partial charge in [-0.15, -0.1) is 11.3 Å². The minimum absolute atomic E-state index is 0.000729. The molecule has 3 aromatic rings. The van der Waals surface area contributed by atoms with Gasteiger partial charge in [-0.1, -0.05) is 41.6 Å². The van der Waals surface area contributed by atoms with Gasteiger partial charge >= 0.3 is 0 Å². The van der Waals surface area contributed by atoms with E-state index in [9.17, 15) is 4.79 Å². The molecule has 1 saturated heterocycles. The smallest absolute Gasteiger partial charge is 0.241 e. The Bertz CT molecular complexity index is 832. The number of hydrogen-bond donors (Lipinski definition) is 1. The molecule has 3 heterocycles. The largest absolute Gasteiger partial charge is 0.355 e. The Morgan fingerprint density at radius 3 is 2.92 bits per heavy atom. The number of carbonyl (C=O) groups is 1. The molecule has 0 spiro atoms. The lowest BCUT2D eigenvalue weighted by Crippen LogP contribution is -2.30. The summed E-state index contributed by atoms with van der Waals surface area (Å²) in [7, 11) is 0. The lowest BCUT2D eigenvalue weighted by atomic mass is 10.0. The molecule has 128 valence electrons. The molecule has 1 aliphatic rings. The van der Waals surface area contributed by atoms with Gasteiger partial charge in [0.05, 0.1) is 11.4 Å². The maximum atomic E-state index is 12.0. The predicted molar refractivity (Wildman–Crippen MR) is 94.8 cm³/mol. The number of thiophene rings is 1. The van der Waals surface area contributed by atoms with Crippen LogP contribution >= 0.6 is 11.3 Å². The molecule has 1 aliphatic heterocycles. The van der Waals surface area contributed by atoms with E-state index >= 15 is 0 Å². The Balaban J connectivity index is 1.57. The van der Waals surface area contributed by atoms with Gasteiger partial charge in [-0.3, -0.25) is 9.69 Å². The van der Waals surface area contributed by atoms with Crippen molar-refractivity contribution in [3.8, 4) is 10.7 Å². The SMILES string of the molecule is O=C1CC(c2ccccc2)N(Cc2nc(-c3cccs3)no2)CCN1. The zero-order valence-electron chi connectivity index (χ0n) is 13.6. The Labute approximate surface area is 149 Å². The Hall–Kier alpha value is -2.51. The van der Waals surface area contributed by atoms with Crippen LogP contribution in [-0.2, 0) is 11.3 Å². The molecule has 0 aliphatic carbocycles. The standard InChI is InChI=1S/C18H18N4O2S/c23-16-11-14(13-5-2-1-3-6-13)22(9-8-19-16)12-17-20-18(21-24-17)15-7-4-10-25-15/h1-7,10,14H,8-9,11-12H2,(H,19,23). The zero-order valence-corrected chi connectivity index (χ0v) is 14.4. The van der Waals surface area contributed by atoms with Crippen molar-refractivity contribution >= 4 is 17.2 Å². The molecule has 1 fully saturated rings. The van der Waals surface area contributed by atoms with E-state index < -0.39 is 0 Å². The van der Waals surface area contributed by atoms with E-state index in [1.165, 1.54) is 0 Å². The van der Waals surface area contributed by atoms with Crippen LogP contribution in [-0.4, -0.2) is 34.0 Å². The second kappa shape index (κ2) is 7.16. The first kappa shape index (κ1) is 16.0. The minimum Gasteiger partial charge on any atom is -0.355 e. The summed E-state index contributed by atoms with van der Waals surface area (Å²) in [6, 6.07) is 14.0. The monoisotopic (exact) mass is 354 g/mol. The summed E-state index contributed by atoms with van der Waals surface area (Å²) >= 11 is 1.58. The highest BCUT2D eigenvalue weighted by Crippen LogP contribution is 2.28. The van der Waals surface area contributed by atoms with Gasteiger partial charge in [0, 0.05) is 25.6 Å². The lowest BCUT2D eigenvalue weighted by molar-refractivity contribution is -0.121. The molecule has 25 heavy (non-hydrogen) atoms. The third kappa shape index (κ3) is 3.62. The number of rotatable bonds is 4. The summed E-state index contributed by atoms with van der Waals surface area (Å²) in [5.41, 5.74) is 1.12. The van der Waals surface area contributed by atoms with Crippen LogP contribution in [0.4, 0.5) is 0 Å². The molecular weight excluding hydrogens is 336 g/mol. The van der Waals surface area contributed by atoms with Gasteiger partial charge in [-0.05, 0) is 17.0 Å². The number of hydrogen-bond acceptors (Lipinski definition) is 6. The summed E-state index contributed by atoms with van der Waals surface area (Å²) in [6.45, 7) is 1.88. The summed E-state index contributed by atoms with van der Waals surface area (Å²) < 4.78 is 5.44. The van der Waals surface area contributed by atoms with Crippen molar-refractivity contribution in [1.29, 1.82) is 0 Å². The van der Waals surface area contributed by atoms with Crippen LogP contribution in [0.25, 0.3) is 10.7 Å². The number of carbonyl (C=O) groups excluding carboxylic acids is 1.